The van der Waals surface area contributed by atoms with Crippen LogP contribution in [-0.4, -0.2) is 233 Å². The summed E-state index contributed by atoms with van der Waals surface area (Å²) in [7, 11) is -1.50. The Labute approximate surface area is 852 Å². The number of aliphatic carboxylic acids is 2. The average molecular weight is 2060 g/mol. The number of hydrogen-bond acceptors (Lipinski definition) is 27. The van der Waals surface area contributed by atoms with Crippen molar-refractivity contribution in [2.24, 2.45) is 35.0 Å². The highest BCUT2D eigenvalue weighted by Crippen LogP contribution is 2.58. The van der Waals surface area contributed by atoms with E-state index in [-0.39, 0.29) is 148 Å². The second kappa shape index (κ2) is 53.7. The van der Waals surface area contributed by atoms with Gasteiger partial charge < -0.3 is 72.3 Å². The Kier molecular flexibility index (Phi) is 44.1. The van der Waals surface area contributed by atoms with Crippen LogP contribution < -0.4 is 4.72 Å². The maximum Gasteiger partial charge on any atom is 0.410 e. The summed E-state index contributed by atoms with van der Waals surface area (Å²) >= 11 is 5.25. The van der Waals surface area contributed by atoms with Crippen molar-refractivity contribution >= 4 is 117 Å². The van der Waals surface area contributed by atoms with E-state index in [1.165, 1.54) is 62.1 Å². The molecule has 0 aromatic heterocycles. The summed E-state index contributed by atoms with van der Waals surface area (Å²) in [4.78, 5) is 202. The quantitative estimate of drug-likeness (QED) is 0.00899. The Morgan fingerprint density at radius 3 is 1.57 bits per heavy atom. The number of rotatable bonds is 32. The van der Waals surface area contributed by atoms with E-state index < -0.39 is 180 Å². The van der Waals surface area contributed by atoms with Crippen LogP contribution in [0.25, 0.3) is 22.3 Å². The number of carboxylic acids is 2. The summed E-state index contributed by atoms with van der Waals surface area (Å²) in [5, 5.41) is 17.4. The number of halogens is 2. The molecule has 0 unspecified atom stereocenters. The van der Waals surface area contributed by atoms with E-state index in [1.54, 1.807) is 113 Å². The van der Waals surface area contributed by atoms with Crippen molar-refractivity contribution in [3.05, 3.63) is 192 Å². The normalized spacial score (nSPS) is 18.5. The molecule has 0 radical (unpaired) electrons. The van der Waals surface area contributed by atoms with Gasteiger partial charge in [-0.15, -0.1) is 6.58 Å². The van der Waals surface area contributed by atoms with Crippen molar-refractivity contribution in [1.29, 1.82) is 0 Å². The number of ketones is 1. The third kappa shape index (κ3) is 36.3. The number of aldehydes is 1. The van der Waals surface area contributed by atoms with Crippen LogP contribution in [-0.2, 0) is 128 Å². The van der Waals surface area contributed by atoms with Gasteiger partial charge in [-0.3, -0.25) is 67.2 Å². The number of nitrogens with one attached hydrogen (secondary N) is 1. The molecule has 37 heteroatoms. The largest absolute Gasteiger partial charge is 0.481 e. The van der Waals surface area contributed by atoms with Crippen LogP contribution in [0.3, 0.4) is 0 Å². The van der Waals surface area contributed by atoms with Crippen LogP contribution in [0.4, 0.5) is 18.8 Å². The van der Waals surface area contributed by atoms with Crippen LogP contribution in [0.2, 0.25) is 0 Å². The fourth-order valence-corrected chi connectivity index (χ4v) is 19.1. The van der Waals surface area contributed by atoms with Crippen molar-refractivity contribution in [1.82, 2.24) is 24.3 Å². The topological polar surface area (TPSA) is 456 Å². The number of sulfonamides is 1. The summed E-state index contributed by atoms with van der Waals surface area (Å²) in [5.74, 6) is -11.8. The summed E-state index contributed by atoms with van der Waals surface area (Å²) < 4.78 is 89.0. The van der Waals surface area contributed by atoms with E-state index in [0.29, 0.717) is 56.1 Å². The molecule has 8 atom stereocenters. The first-order chi connectivity index (χ1) is 67.7. The first-order valence-corrected chi connectivity index (χ1v) is 50.0. The number of nitrogens with zero attached hydrogens (tertiary/aromatic N) is 4. The molecule has 5 aromatic carbocycles. The Morgan fingerprint density at radius 2 is 1.12 bits per heavy atom. The van der Waals surface area contributed by atoms with Crippen molar-refractivity contribution in [3.8, 4) is 22.3 Å². The SMILES string of the molecule is C.C=CC(=O)N1C/C=C\[C@@H]2C[C@@]2(C(=O)NS(=O)(=O)C2CC2)CC(=O)[C@@H]2C[C@@H](OC(=O)N3Cc4cccc(F)c4C3)CN2C(=O)[C@@H](CC(=O)OC(C)(C)C)CCC1.C=CCN(CCC[C@H](CC(=O)OC(C)(C)C)C(=O)O)C(=O)OCC1c2ccccc2-c2ccccc21.COC(=O)[C@H](CCC(=O)O)CC(=O)OC(C)(C)C.COC(=O)[C@H](CCC=O)CC(=O)OC(C)(C)C.O=C(Cl)OCC1c2ccccc2-c2ccccc21. The molecule has 790 valence electrons. The number of benzene rings is 5. The van der Waals surface area contributed by atoms with Gasteiger partial charge in [0.1, 0.15) is 53.8 Å². The smallest absolute Gasteiger partial charge is 0.410 e. The highest BCUT2D eigenvalue weighted by molar-refractivity contribution is 7.91. The lowest BCUT2D eigenvalue weighted by Gasteiger charge is -2.29. The highest BCUT2D eigenvalue weighted by atomic mass is 35.5. The van der Waals surface area contributed by atoms with Crippen molar-refractivity contribution < 1.29 is 142 Å². The van der Waals surface area contributed by atoms with Crippen LogP contribution >= 0.6 is 11.6 Å². The minimum absolute atomic E-state index is 0. The molecule has 0 spiro atoms. The number of Topliss-reactive ketones (excluding diaryl/α,β-unsaturated/α-hetero) is 1. The summed E-state index contributed by atoms with van der Waals surface area (Å²) in [6.07, 6.45) is 5.91. The lowest BCUT2D eigenvalue weighted by Crippen LogP contribution is -2.46. The highest BCUT2D eigenvalue weighted by Gasteiger charge is 2.62. The lowest BCUT2D eigenvalue weighted by molar-refractivity contribution is -0.161. The lowest BCUT2D eigenvalue weighted by atomic mass is 9.90. The summed E-state index contributed by atoms with van der Waals surface area (Å²) in [6, 6.07) is 36.0. The monoisotopic (exact) mass is 2060 g/mol. The molecular weight excluding hydrogens is 1920 g/mol. The van der Waals surface area contributed by atoms with Gasteiger partial charge >= 0.3 is 65.4 Å². The van der Waals surface area contributed by atoms with Crippen LogP contribution in [0.1, 0.15) is 245 Å². The Balaban J connectivity index is 0.000000270. The predicted molar refractivity (Wildman–Crippen MR) is 535 cm³/mol. The number of carbonyl (C=O) groups is 16. The Hall–Kier alpha value is -13.0. The number of esters is 6. The molecule has 34 nitrogen and oxygen atoms in total. The number of fused-ring (bicyclic) bond motifs is 9. The van der Waals surface area contributed by atoms with E-state index in [2.05, 4.69) is 75.9 Å². The average Bonchev–Trinajstić information content (AvgIpc) is 1.57. The standard InChI is InChI=1S/C39H49FN4O10S.C29H35NO6.C15H11ClO2.C12H20O6.C12H20O5.CH4/c1-5-33(46)42-15-7-10-24(17-34(47)54-38(2,3)4)35(48)44-22-27(53-37(50)43-21-25-9-6-12-30(40)29(25)23-43)18-31(44)32(45)20-39(19-26(39)11-8-16-42)36(49)41-55(51,52)28-13-14-28;1-5-16-30(17-10-11-20(27(32)33)18-26(31)36-29(2,3)4)28(34)35-19-25-23-14-8-6-12-21(23)22-13-7-9-15-24(22)25;16-15(17)18-9-14-12-7-3-1-5-10(12)11-6-2-4-8-13(11)14;1-12(2,3)18-10(15)7-8(11(16)17-4)5-6-9(13)14;1-12(2,3)17-10(14)8-9(6-5-7-13)11(15)16-4;/h5-6,8-9,11-12,24,26-28,31H,1,7,10,13-23H2,2-4H3,(H,41,49);5-9,12-15,20,25H,1,10-11,16-19H2,2-4H3,(H,32,33);1-8,14H,9H2;8H,5-7H2,1-4H3,(H,13,14);7,9H,5-6,8H2,1-4H3;1H4/b11-8-;;;;;/t24-,26-,27-,31+,39-;20-;;8-;9-;/m11.11./s1. The van der Waals surface area contributed by atoms with Gasteiger partial charge in [-0.2, -0.15) is 0 Å². The van der Waals surface area contributed by atoms with Gasteiger partial charge in [-0.1, -0.05) is 141 Å². The molecule has 3 N–H and O–H groups in total. The minimum Gasteiger partial charge on any atom is -0.481 e. The van der Waals surface area contributed by atoms with Gasteiger partial charge in [-0.25, -0.2) is 27.2 Å². The second-order valence-corrected chi connectivity index (χ2v) is 42.6. The number of methoxy groups -OCH3 is 2. The molecular formula is C108H139ClFN5O29S. The second-order valence-electron chi connectivity index (χ2n) is 40.3. The molecule has 12 rings (SSSR count). The van der Waals surface area contributed by atoms with Crippen molar-refractivity contribution in [2.75, 3.05) is 60.2 Å². The van der Waals surface area contributed by atoms with E-state index >= 15 is 0 Å². The Morgan fingerprint density at radius 1 is 0.628 bits per heavy atom. The zero-order valence-electron chi connectivity index (χ0n) is 84.3. The minimum atomic E-state index is -3.96. The van der Waals surface area contributed by atoms with Gasteiger partial charge in [0.25, 0.3) is 0 Å². The third-order valence-electron chi connectivity index (χ3n) is 24.5. The predicted octanol–water partition coefficient (Wildman–Crippen LogP) is 16.8. The molecule has 3 aliphatic heterocycles. The van der Waals surface area contributed by atoms with Gasteiger partial charge in [0.2, 0.25) is 27.7 Å². The summed E-state index contributed by atoms with van der Waals surface area (Å²) in [6.45, 7) is 29.3. The molecule has 1 saturated heterocycles. The molecule has 5 aromatic rings. The fourth-order valence-electron chi connectivity index (χ4n) is 17.6. The maximum atomic E-state index is 14.5. The Bertz CT molecular complexity index is 5540. The number of carbonyl (C=O) groups excluding carboxylic acids is 14. The van der Waals surface area contributed by atoms with Crippen LogP contribution in [0, 0.1) is 40.8 Å². The first-order valence-electron chi connectivity index (χ1n) is 48.0. The fraction of sp³-hybridized carbons (Fsp3) is 0.519. The zero-order chi connectivity index (χ0) is 107. The van der Waals surface area contributed by atoms with Gasteiger partial charge in [0.15, 0.2) is 5.78 Å². The van der Waals surface area contributed by atoms with Gasteiger partial charge in [0, 0.05) is 93.3 Å². The van der Waals surface area contributed by atoms with E-state index in [1.807, 2.05) is 48.5 Å². The van der Waals surface area contributed by atoms with Gasteiger partial charge in [-0.05, 0) is 209 Å². The molecule has 3 heterocycles. The number of ether oxygens (including phenoxy) is 9. The molecule has 4 aliphatic carbocycles. The molecule has 7 aliphatic rings. The number of carboxylic acid groups (broad SMARTS) is 2. The van der Waals surface area contributed by atoms with Gasteiger partial charge in [0.05, 0.1) is 87.5 Å². The van der Waals surface area contributed by atoms with Crippen molar-refractivity contribution in [2.45, 2.75) is 264 Å². The molecule has 5 amide bonds. The number of amides is 5. The van der Waals surface area contributed by atoms with E-state index in [9.17, 15) is 94.6 Å². The molecule has 0 bridgehead atoms. The number of allylic oxidation sites excluding steroid dienone is 1. The van der Waals surface area contributed by atoms with E-state index in [0.717, 1.165) is 28.3 Å². The molecule has 3 fully saturated rings. The van der Waals surface area contributed by atoms with Crippen LogP contribution in [0.15, 0.2) is 153 Å². The van der Waals surface area contributed by atoms with Crippen LogP contribution in [0.5, 0.6) is 0 Å². The molecule has 2 saturated carbocycles. The maximum absolute atomic E-state index is 14.5. The van der Waals surface area contributed by atoms with Crippen molar-refractivity contribution in [3.63, 3.8) is 0 Å². The number of hydrogen-bond donors (Lipinski definition) is 3. The van der Waals surface area contributed by atoms with E-state index in [4.69, 9.17) is 49.9 Å². The zero-order valence-corrected chi connectivity index (χ0v) is 85.9. The molecule has 145 heavy (non-hydrogen) atoms. The third-order valence-corrected chi connectivity index (χ3v) is 26.4. The first kappa shape index (κ1) is 119. The summed E-state index contributed by atoms with van der Waals surface area (Å²) in [5.41, 5.74) is 5.47.